The predicted molar refractivity (Wildman–Crippen MR) is 58.1 cm³/mol. The molecule has 72 valence electrons. The molecule has 1 aromatic heterocycles. The molecule has 1 aromatic carbocycles. The van der Waals surface area contributed by atoms with Crippen molar-refractivity contribution >= 4 is 23.2 Å². The Morgan fingerprint density at radius 2 is 2.21 bits per heavy atom. The molecule has 0 atom stereocenters. The van der Waals surface area contributed by atoms with Crippen LogP contribution in [0.3, 0.4) is 0 Å². The zero-order valence-electron chi connectivity index (χ0n) is 7.32. The molecule has 0 aliphatic carbocycles. The van der Waals surface area contributed by atoms with E-state index in [9.17, 15) is 0 Å². The molecule has 0 radical (unpaired) electrons. The minimum atomic E-state index is 0.473. The van der Waals surface area contributed by atoms with Crippen molar-refractivity contribution in [2.24, 2.45) is 0 Å². The molecule has 0 N–H and O–H groups in total. The third-order valence-corrected chi connectivity index (χ3v) is 2.41. The van der Waals surface area contributed by atoms with E-state index in [1.165, 1.54) is 0 Å². The van der Waals surface area contributed by atoms with E-state index in [0.29, 0.717) is 10.9 Å². The van der Waals surface area contributed by atoms with Crippen LogP contribution in [0.1, 0.15) is 5.56 Å². The Labute approximate surface area is 92.1 Å². The van der Waals surface area contributed by atoms with Crippen LogP contribution in [-0.2, 0) is 5.88 Å². The maximum absolute atomic E-state index is 5.87. The van der Waals surface area contributed by atoms with Gasteiger partial charge in [-0.2, -0.15) is 5.10 Å². The van der Waals surface area contributed by atoms with E-state index in [4.69, 9.17) is 23.2 Å². The number of alkyl halides is 1. The van der Waals surface area contributed by atoms with Crippen LogP contribution in [0.15, 0.2) is 36.7 Å². The molecule has 14 heavy (non-hydrogen) atoms. The van der Waals surface area contributed by atoms with Gasteiger partial charge in [0.05, 0.1) is 17.8 Å². The Hall–Kier alpha value is -0.990. The van der Waals surface area contributed by atoms with E-state index in [0.717, 1.165) is 11.3 Å². The number of hydrogen-bond donors (Lipinski definition) is 0. The van der Waals surface area contributed by atoms with Crippen LogP contribution >= 0.6 is 23.2 Å². The lowest BCUT2D eigenvalue weighted by molar-refractivity contribution is 0.880. The second-order valence-electron chi connectivity index (χ2n) is 2.91. The molecule has 0 saturated heterocycles. The quantitative estimate of drug-likeness (QED) is 0.720. The van der Waals surface area contributed by atoms with Gasteiger partial charge in [-0.25, -0.2) is 4.68 Å². The molecule has 2 aromatic rings. The average Bonchev–Trinajstić information content (AvgIpc) is 2.66. The zero-order valence-corrected chi connectivity index (χ0v) is 8.83. The van der Waals surface area contributed by atoms with Crippen LogP contribution in [0.4, 0.5) is 0 Å². The molecule has 0 saturated carbocycles. The monoisotopic (exact) mass is 226 g/mol. The molecule has 0 fully saturated rings. The zero-order chi connectivity index (χ0) is 9.97. The molecule has 0 amide bonds. The number of hydrogen-bond acceptors (Lipinski definition) is 1. The largest absolute Gasteiger partial charge is 0.241 e. The lowest BCUT2D eigenvalue weighted by Crippen LogP contribution is -1.93. The van der Waals surface area contributed by atoms with E-state index in [1.54, 1.807) is 10.9 Å². The summed E-state index contributed by atoms with van der Waals surface area (Å²) in [7, 11) is 0. The number of nitrogens with zero attached hydrogens (tertiary/aromatic N) is 2. The molecule has 2 nitrogen and oxygen atoms in total. The van der Waals surface area contributed by atoms with E-state index in [1.807, 2.05) is 30.5 Å². The first-order valence-electron chi connectivity index (χ1n) is 4.15. The summed E-state index contributed by atoms with van der Waals surface area (Å²) < 4.78 is 1.75. The topological polar surface area (TPSA) is 17.8 Å². The van der Waals surface area contributed by atoms with Gasteiger partial charge in [-0.1, -0.05) is 17.7 Å². The molecule has 0 bridgehead atoms. The summed E-state index contributed by atoms with van der Waals surface area (Å²) in [5.74, 6) is 0.473. The van der Waals surface area contributed by atoms with Gasteiger partial charge in [0.2, 0.25) is 0 Å². The number of halogens is 2. The summed E-state index contributed by atoms with van der Waals surface area (Å²) in [5.41, 5.74) is 1.93. The summed E-state index contributed by atoms with van der Waals surface area (Å²) in [6, 6.07) is 7.51. The summed E-state index contributed by atoms with van der Waals surface area (Å²) in [6.45, 7) is 0. The van der Waals surface area contributed by atoms with Crippen LogP contribution in [0.2, 0.25) is 5.02 Å². The lowest BCUT2D eigenvalue weighted by Gasteiger charge is -2.00. The molecule has 0 aliphatic heterocycles. The molecule has 4 heteroatoms. The van der Waals surface area contributed by atoms with Crippen molar-refractivity contribution in [1.82, 2.24) is 9.78 Å². The predicted octanol–water partition coefficient (Wildman–Crippen LogP) is 3.26. The molecule has 0 spiro atoms. The molecule has 0 aliphatic rings. The highest BCUT2D eigenvalue weighted by atomic mass is 35.5. The van der Waals surface area contributed by atoms with Gasteiger partial charge < -0.3 is 0 Å². The fourth-order valence-corrected chi connectivity index (χ4v) is 1.51. The van der Waals surface area contributed by atoms with Gasteiger partial charge in [-0.3, -0.25) is 0 Å². The fourth-order valence-electron chi connectivity index (χ4n) is 1.19. The lowest BCUT2D eigenvalue weighted by atomic mass is 10.3. The van der Waals surface area contributed by atoms with Crippen molar-refractivity contribution in [2.45, 2.75) is 5.88 Å². The second kappa shape index (κ2) is 4.03. The first-order valence-corrected chi connectivity index (χ1v) is 5.06. The first kappa shape index (κ1) is 9.56. The molecular formula is C10H8Cl2N2. The van der Waals surface area contributed by atoms with Gasteiger partial charge in [-0.15, -0.1) is 11.6 Å². The Balaban J connectivity index is 2.39. The molecule has 2 rings (SSSR count). The Kier molecular flexibility index (Phi) is 2.75. The fraction of sp³-hybridized carbons (Fsp3) is 0.100. The smallest absolute Gasteiger partial charge is 0.0660 e. The van der Waals surface area contributed by atoms with Gasteiger partial charge in [-0.05, 0) is 18.2 Å². The maximum atomic E-state index is 5.87. The average molecular weight is 227 g/mol. The van der Waals surface area contributed by atoms with Crippen molar-refractivity contribution < 1.29 is 0 Å². The van der Waals surface area contributed by atoms with Gasteiger partial charge in [0.1, 0.15) is 0 Å². The van der Waals surface area contributed by atoms with Gasteiger partial charge in [0, 0.05) is 16.8 Å². The summed E-state index contributed by atoms with van der Waals surface area (Å²) in [4.78, 5) is 0. The van der Waals surface area contributed by atoms with E-state index in [-0.39, 0.29) is 0 Å². The van der Waals surface area contributed by atoms with Crippen molar-refractivity contribution in [1.29, 1.82) is 0 Å². The molecule has 1 heterocycles. The van der Waals surface area contributed by atoms with Crippen molar-refractivity contribution in [3.05, 3.63) is 47.2 Å². The SMILES string of the molecule is ClCc1cnn(-c2cccc(Cl)c2)c1. The summed E-state index contributed by atoms with van der Waals surface area (Å²) in [6.07, 6.45) is 3.63. The Bertz CT molecular complexity index is 437. The summed E-state index contributed by atoms with van der Waals surface area (Å²) in [5, 5.41) is 4.87. The maximum Gasteiger partial charge on any atom is 0.0660 e. The highest BCUT2D eigenvalue weighted by Gasteiger charge is 1.99. The molecular weight excluding hydrogens is 219 g/mol. The van der Waals surface area contributed by atoms with Crippen LogP contribution in [0.25, 0.3) is 5.69 Å². The Morgan fingerprint density at radius 1 is 1.36 bits per heavy atom. The van der Waals surface area contributed by atoms with Crippen LogP contribution < -0.4 is 0 Å². The highest BCUT2D eigenvalue weighted by Crippen LogP contribution is 2.14. The van der Waals surface area contributed by atoms with E-state index < -0.39 is 0 Å². The minimum Gasteiger partial charge on any atom is -0.241 e. The van der Waals surface area contributed by atoms with Crippen molar-refractivity contribution in [3.63, 3.8) is 0 Å². The Morgan fingerprint density at radius 3 is 2.86 bits per heavy atom. The standard InChI is InChI=1S/C10H8Cl2N2/c11-5-8-6-13-14(7-8)10-3-1-2-9(12)4-10/h1-4,6-7H,5H2. The van der Waals surface area contributed by atoms with Crippen molar-refractivity contribution in [3.8, 4) is 5.69 Å². The van der Waals surface area contributed by atoms with Gasteiger partial charge in [0.15, 0.2) is 0 Å². The van der Waals surface area contributed by atoms with E-state index in [2.05, 4.69) is 5.10 Å². The van der Waals surface area contributed by atoms with Crippen LogP contribution in [0, 0.1) is 0 Å². The number of benzene rings is 1. The van der Waals surface area contributed by atoms with Crippen LogP contribution in [0.5, 0.6) is 0 Å². The van der Waals surface area contributed by atoms with Crippen LogP contribution in [-0.4, -0.2) is 9.78 Å². The number of rotatable bonds is 2. The first-order chi connectivity index (χ1) is 6.79. The summed E-state index contributed by atoms with van der Waals surface area (Å²) >= 11 is 11.5. The third-order valence-electron chi connectivity index (χ3n) is 1.86. The second-order valence-corrected chi connectivity index (χ2v) is 3.61. The molecule has 0 unspecified atom stereocenters. The van der Waals surface area contributed by atoms with Gasteiger partial charge in [0.25, 0.3) is 0 Å². The normalized spacial score (nSPS) is 10.4. The van der Waals surface area contributed by atoms with Crippen molar-refractivity contribution in [2.75, 3.05) is 0 Å². The third kappa shape index (κ3) is 1.91. The highest BCUT2D eigenvalue weighted by molar-refractivity contribution is 6.30. The number of aromatic nitrogens is 2. The minimum absolute atomic E-state index is 0.473. The van der Waals surface area contributed by atoms with Gasteiger partial charge >= 0.3 is 0 Å². The van der Waals surface area contributed by atoms with E-state index >= 15 is 0 Å².